The number of hydrogen-bond donors (Lipinski definition) is 1. The van der Waals surface area contributed by atoms with E-state index < -0.39 is 11.2 Å². The fourth-order valence-corrected chi connectivity index (χ4v) is 4.72. The van der Waals surface area contributed by atoms with Gasteiger partial charge in [-0.1, -0.05) is 24.3 Å². The Morgan fingerprint density at radius 2 is 1.91 bits per heavy atom. The summed E-state index contributed by atoms with van der Waals surface area (Å²) in [6.45, 7) is -0.0383. The normalized spacial score (nSPS) is 15.2. The maximum Gasteiger partial charge on any atom is 0.307 e. The van der Waals surface area contributed by atoms with E-state index in [9.17, 15) is 14.4 Å². The minimum Gasteiger partial charge on any atom is -0.467 e. The van der Waals surface area contributed by atoms with Crippen molar-refractivity contribution in [3.8, 4) is 0 Å². The topological polar surface area (TPSA) is 103 Å². The van der Waals surface area contributed by atoms with Crippen molar-refractivity contribution in [2.24, 2.45) is 0 Å². The number of para-hydroxylation sites is 2. The van der Waals surface area contributed by atoms with Gasteiger partial charge in [0.25, 0.3) is 5.56 Å². The Hall–Kier alpha value is -3.85. The van der Waals surface area contributed by atoms with Crippen molar-refractivity contribution in [2.75, 3.05) is 5.32 Å². The van der Waals surface area contributed by atoms with E-state index in [-0.39, 0.29) is 31.0 Å². The number of furan rings is 1. The predicted molar refractivity (Wildman–Crippen MR) is 123 cm³/mol. The van der Waals surface area contributed by atoms with E-state index >= 15 is 0 Å². The van der Waals surface area contributed by atoms with Crippen LogP contribution in [0.5, 0.6) is 0 Å². The number of nitrogens with one attached hydrogen (secondary N) is 1. The summed E-state index contributed by atoms with van der Waals surface area (Å²) in [5, 5.41) is 2.69. The first kappa shape index (κ1) is 21.0. The van der Waals surface area contributed by atoms with Crippen LogP contribution in [0.1, 0.15) is 18.0 Å². The van der Waals surface area contributed by atoms with Gasteiger partial charge in [-0.15, -0.1) is 11.8 Å². The molecule has 0 spiro atoms. The summed E-state index contributed by atoms with van der Waals surface area (Å²) in [7, 11) is 0. The van der Waals surface area contributed by atoms with Crippen molar-refractivity contribution in [1.29, 1.82) is 0 Å². The molecule has 8 nitrogen and oxygen atoms in total. The fraction of sp³-hybridized carbons (Fsp3) is 0.167. The Bertz CT molecular complexity index is 1400. The van der Waals surface area contributed by atoms with Gasteiger partial charge in [0.05, 0.1) is 41.1 Å². The molecular weight excluding hydrogens is 442 g/mol. The van der Waals surface area contributed by atoms with Crippen LogP contribution in [-0.2, 0) is 27.5 Å². The van der Waals surface area contributed by atoms with Gasteiger partial charge in [0.1, 0.15) is 12.4 Å². The highest BCUT2D eigenvalue weighted by atomic mass is 32.2. The molecule has 0 radical (unpaired) electrons. The van der Waals surface area contributed by atoms with E-state index in [1.165, 1.54) is 22.6 Å². The second-order valence-corrected chi connectivity index (χ2v) is 8.72. The van der Waals surface area contributed by atoms with E-state index in [1.54, 1.807) is 36.4 Å². The summed E-state index contributed by atoms with van der Waals surface area (Å²) in [6, 6.07) is 17.9. The standard InChI is InChI=1S/C24H19N3O5S/c28-22(12-20-23(29)26-18-9-3-4-10-19(18)33-20)32-14-21-25-17-8-2-1-7-16(17)24(30)27(21)13-15-6-5-11-31-15/h1-11,20H,12-14H2,(H,26,29)/t20-/m0/s1. The molecule has 0 saturated carbocycles. The van der Waals surface area contributed by atoms with Crippen molar-refractivity contribution in [1.82, 2.24) is 9.55 Å². The van der Waals surface area contributed by atoms with Gasteiger partial charge in [0.15, 0.2) is 5.82 Å². The van der Waals surface area contributed by atoms with Gasteiger partial charge in [-0.05, 0) is 36.4 Å². The molecule has 33 heavy (non-hydrogen) atoms. The molecule has 0 fully saturated rings. The SMILES string of the molecule is O=C(C[C@@H]1Sc2ccccc2NC1=O)OCc1nc2ccccc2c(=O)n1Cc1ccco1. The lowest BCUT2D eigenvalue weighted by Crippen LogP contribution is -2.31. The third kappa shape index (κ3) is 4.40. The molecule has 0 aliphatic carbocycles. The van der Waals surface area contributed by atoms with E-state index in [0.717, 1.165) is 10.6 Å². The van der Waals surface area contributed by atoms with Crippen molar-refractivity contribution in [2.45, 2.75) is 29.7 Å². The van der Waals surface area contributed by atoms with Gasteiger partial charge < -0.3 is 14.5 Å². The van der Waals surface area contributed by atoms with E-state index in [4.69, 9.17) is 9.15 Å². The number of nitrogens with zero attached hydrogens (tertiary/aromatic N) is 2. The minimum atomic E-state index is -0.595. The van der Waals surface area contributed by atoms with Crippen LogP contribution >= 0.6 is 11.8 Å². The third-order valence-corrected chi connectivity index (χ3v) is 6.53. The number of ether oxygens (including phenoxy) is 1. The minimum absolute atomic E-state index is 0.0964. The first-order chi connectivity index (χ1) is 16.1. The lowest BCUT2D eigenvalue weighted by Gasteiger charge is -2.23. The lowest BCUT2D eigenvalue weighted by atomic mass is 10.2. The van der Waals surface area contributed by atoms with Gasteiger partial charge in [-0.3, -0.25) is 19.0 Å². The Kier molecular flexibility index (Phi) is 5.70. The average molecular weight is 461 g/mol. The molecule has 3 heterocycles. The molecule has 0 bridgehead atoms. The Balaban J connectivity index is 1.34. The molecule has 166 valence electrons. The second-order valence-electron chi connectivity index (χ2n) is 7.47. The zero-order chi connectivity index (χ0) is 22.8. The van der Waals surface area contributed by atoms with Crippen LogP contribution < -0.4 is 10.9 Å². The lowest BCUT2D eigenvalue weighted by molar-refractivity contribution is -0.146. The van der Waals surface area contributed by atoms with Crippen molar-refractivity contribution < 1.29 is 18.7 Å². The van der Waals surface area contributed by atoms with Crippen molar-refractivity contribution in [3.05, 3.63) is 88.9 Å². The van der Waals surface area contributed by atoms with Crippen molar-refractivity contribution in [3.63, 3.8) is 0 Å². The molecule has 1 N–H and O–H groups in total. The highest BCUT2D eigenvalue weighted by Gasteiger charge is 2.29. The first-order valence-corrected chi connectivity index (χ1v) is 11.2. The largest absolute Gasteiger partial charge is 0.467 e. The zero-order valence-electron chi connectivity index (χ0n) is 17.4. The van der Waals surface area contributed by atoms with Crippen LogP contribution in [0.3, 0.4) is 0 Å². The van der Waals surface area contributed by atoms with Gasteiger partial charge in [-0.2, -0.15) is 0 Å². The maximum atomic E-state index is 13.1. The molecule has 0 saturated heterocycles. The number of carbonyl (C=O) groups is 2. The molecule has 1 amide bonds. The van der Waals surface area contributed by atoms with E-state index in [1.807, 2.05) is 24.3 Å². The fourth-order valence-electron chi connectivity index (χ4n) is 3.63. The first-order valence-electron chi connectivity index (χ1n) is 10.3. The van der Waals surface area contributed by atoms with Crippen LogP contribution in [0.2, 0.25) is 0 Å². The smallest absolute Gasteiger partial charge is 0.307 e. The van der Waals surface area contributed by atoms with Gasteiger partial charge >= 0.3 is 5.97 Å². The predicted octanol–water partition coefficient (Wildman–Crippen LogP) is 3.58. The number of rotatable bonds is 6. The summed E-state index contributed by atoms with van der Waals surface area (Å²) in [4.78, 5) is 43.5. The number of aromatic nitrogens is 2. The van der Waals surface area contributed by atoms with Crippen LogP contribution in [0.25, 0.3) is 10.9 Å². The van der Waals surface area contributed by atoms with Crippen LogP contribution in [0, 0.1) is 0 Å². The molecule has 2 aromatic heterocycles. The highest BCUT2D eigenvalue weighted by Crippen LogP contribution is 2.36. The summed E-state index contributed by atoms with van der Waals surface area (Å²) in [5.74, 6) is 0.0911. The van der Waals surface area contributed by atoms with Gasteiger partial charge in [0, 0.05) is 4.90 Å². The molecule has 0 unspecified atom stereocenters. The number of carbonyl (C=O) groups excluding carboxylic acids is 2. The summed E-state index contributed by atoms with van der Waals surface area (Å²) in [6.07, 6.45) is 1.43. The maximum absolute atomic E-state index is 13.1. The van der Waals surface area contributed by atoms with E-state index in [0.29, 0.717) is 22.5 Å². The molecule has 2 aromatic carbocycles. The van der Waals surface area contributed by atoms with Crippen LogP contribution in [-0.4, -0.2) is 26.7 Å². The Morgan fingerprint density at radius 1 is 1.09 bits per heavy atom. The zero-order valence-corrected chi connectivity index (χ0v) is 18.2. The molecule has 1 atom stereocenters. The number of thioether (sulfide) groups is 1. The van der Waals surface area contributed by atoms with Crippen LogP contribution in [0.15, 0.2) is 81.0 Å². The van der Waals surface area contributed by atoms with Gasteiger partial charge in [0.2, 0.25) is 5.91 Å². The monoisotopic (exact) mass is 461 g/mol. The molecule has 5 rings (SSSR count). The summed E-state index contributed by atoms with van der Waals surface area (Å²) < 4.78 is 12.3. The van der Waals surface area contributed by atoms with Gasteiger partial charge in [-0.25, -0.2) is 4.98 Å². The molecule has 4 aromatic rings. The Morgan fingerprint density at radius 3 is 2.76 bits per heavy atom. The van der Waals surface area contributed by atoms with Crippen molar-refractivity contribution >= 4 is 40.2 Å². The van der Waals surface area contributed by atoms with Crippen LogP contribution in [0.4, 0.5) is 5.69 Å². The number of anilines is 1. The number of amides is 1. The number of benzene rings is 2. The third-order valence-electron chi connectivity index (χ3n) is 5.26. The number of esters is 1. The quantitative estimate of drug-likeness (QED) is 0.438. The molecule has 9 heteroatoms. The Labute approximate surface area is 192 Å². The highest BCUT2D eigenvalue weighted by molar-refractivity contribution is 8.01. The summed E-state index contributed by atoms with van der Waals surface area (Å²) in [5.41, 5.74) is 1.00. The number of hydrogen-bond acceptors (Lipinski definition) is 7. The second kappa shape index (κ2) is 8.95. The van der Waals surface area contributed by atoms with E-state index in [2.05, 4.69) is 10.3 Å². The molecule has 1 aliphatic rings. The molecular formula is C24H19N3O5S. The molecule has 1 aliphatic heterocycles. The number of fused-ring (bicyclic) bond motifs is 2. The average Bonchev–Trinajstić information content (AvgIpc) is 3.34. The summed E-state index contributed by atoms with van der Waals surface area (Å²) >= 11 is 1.33.